The predicted molar refractivity (Wildman–Crippen MR) is 114 cm³/mol. The standard InChI is InChI=1S/C23H26N2O4S/c24-30(27,28)15-23-11-5-10-21(23)25(13-12-23)22(26)29-14-20-18-8-3-1-6-16(18)17-7-2-4-9-19(17)20/h1-4,6-9,20-21H,5,10-15H2,(H2,24,27,28). The molecule has 2 aromatic rings. The third-order valence-electron chi connectivity index (χ3n) is 7.15. The highest BCUT2D eigenvalue weighted by Gasteiger charge is 2.53. The molecule has 2 aromatic carbocycles. The fourth-order valence-electron chi connectivity index (χ4n) is 5.93. The van der Waals surface area contributed by atoms with Crippen LogP contribution in [0.2, 0.25) is 0 Å². The fourth-order valence-corrected chi connectivity index (χ4v) is 7.22. The summed E-state index contributed by atoms with van der Waals surface area (Å²) >= 11 is 0. The molecule has 0 radical (unpaired) electrons. The predicted octanol–water partition coefficient (Wildman–Crippen LogP) is 3.47. The number of primary sulfonamides is 1. The Labute approximate surface area is 177 Å². The van der Waals surface area contributed by atoms with Crippen LogP contribution in [0.4, 0.5) is 4.79 Å². The number of carbonyl (C=O) groups excluding carboxylic acids is 1. The second-order valence-electron chi connectivity index (χ2n) is 8.82. The summed E-state index contributed by atoms with van der Waals surface area (Å²) in [5, 5.41) is 5.36. The number of hydrogen-bond donors (Lipinski definition) is 1. The van der Waals surface area contributed by atoms with Crippen LogP contribution in [0.3, 0.4) is 0 Å². The Morgan fingerprint density at radius 3 is 2.33 bits per heavy atom. The van der Waals surface area contributed by atoms with E-state index >= 15 is 0 Å². The number of ether oxygens (including phenoxy) is 1. The minimum atomic E-state index is -3.59. The highest BCUT2D eigenvalue weighted by Crippen LogP contribution is 2.50. The molecule has 1 heterocycles. The number of amides is 1. The molecule has 0 aromatic heterocycles. The summed E-state index contributed by atoms with van der Waals surface area (Å²) in [7, 11) is -3.59. The van der Waals surface area contributed by atoms with E-state index in [2.05, 4.69) is 24.3 Å². The molecular formula is C23H26N2O4S. The fraction of sp³-hybridized carbons (Fsp3) is 0.435. The van der Waals surface area contributed by atoms with Crippen LogP contribution in [0.15, 0.2) is 48.5 Å². The third kappa shape index (κ3) is 3.20. The number of nitrogens with zero attached hydrogens (tertiary/aromatic N) is 1. The topological polar surface area (TPSA) is 89.7 Å². The maximum absolute atomic E-state index is 13.0. The summed E-state index contributed by atoms with van der Waals surface area (Å²) in [4.78, 5) is 14.7. The highest BCUT2D eigenvalue weighted by atomic mass is 32.2. The van der Waals surface area contributed by atoms with Gasteiger partial charge in [0.25, 0.3) is 0 Å². The highest BCUT2D eigenvalue weighted by molar-refractivity contribution is 7.89. The van der Waals surface area contributed by atoms with Crippen molar-refractivity contribution in [2.75, 3.05) is 18.9 Å². The summed E-state index contributed by atoms with van der Waals surface area (Å²) < 4.78 is 29.4. The number of fused-ring (bicyclic) bond motifs is 4. The lowest BCUT2D eigenvalue weighted by Gasteiger charge is -2.31. The summed E-state index contributed by atoms with van der Waals surface area (Å²) in [6.45, 7) is 0.801. The molecule has 2 aliphatic carbocycles. The second kappa shape index (κ2) is 7.10. The summed E-state index contributed by atoms with van der Waals surface area (Å²) in [5.41, 5.74) is 4.32. The van der Waals surface area contributed by atoms with Gasteiger partial charge in [-0.05, 0) is 41.5 Å². The number of rotatable bonds is 4. The van der Waals surface area contributed by atoms with Gasteiger partial charge in [-0.25, -0.2) is 18.4 Å². The molecule has 0 bridgehead atoms. The van der Waals surface area contributed by atoms with Gasteiger partial charge in [-0.1, -0.05) is 55.0 Å². The Balaban J connectivity index is 1.33. The van der Waals surface area contributed by atoms with Crippen LogP contribution in [0, 0.1) is 5.41 Å². The number of nitrogens with two attached hydrogens (primary N) is 1. The molecule has 30 heavy (non-hydrogen) atoms. The van der Waals surface area contributed by atoms with E-state index in [1.165, 1.54) is 22.3 Å². The first-order chi connectivity index (χ1) is 14.4. The van der Waals surface area contributed by atoms with Crippen molar-refractivity contribution in [3.8, 4) is 11.1 Å². The molecule has 1 amide bonds. The first kappa shape index (κ1) is 19.6. The molecule has 158 valence electrons. The molecule has 5 rings (SSSR count). The molecule has 6 nitrogen and oxygen atoms in total. The molecule has 0 spiro atoms. The van der Waals surface area contributed by atoms with Gasteiger partial charge in [-0.3, -0.25) is 0 Å². The maximum atomic E-state index is 13.0. The number of likely N-dealkylation sites (tertiary alicyclic amines) is 1. The van der Waals surface area contributed by atoms with Crippen molar-refractivity contribution in [3.63, 3.8) is 0 Å². The minimum absolute atomic E-state index is 0.0155. The monoisotopic (exact) mass is 426 g/mol. The number of hydrogen-bond acceptors (Lipinski definition) is 4. The molecule has 1 saturated carbocycles. The molecule has 2 unspecified atom stereocenters. The van der Waals surface area contributed by atoms with Gasteiger partial charge < -0.3 is 9.64 Å². The molecule has 1 saturated heterocycles. The average molecular weight is 427 g/mol. The van der Waals surface area contributed by atoms with Crippen LogP contribution < -0.4 is 5.14 Å². The zero-order valence-corrected chi connectivity index (χ0v) is 17.6. The lowest BCUT2D eigenvalue weighted by molar-refractivity contribution is 0.0886. The summed E-state index contributed by atoms with van der Waals surface area (Å²) in [6, 6.07) is 16.4. The van der Waals surface area contributed by atoms with Crippen LogP contribution >= 0.6 is 0 Å². The molecule has 2 atom stereocenters. The van der Waals surface area contributed by atoms with Crippen LogP contribution in [0.5, 0.6) is 0 Å². The van der Waals surface area contributed by atoms with Crippen molar-refractivity contribution in [1.82, 2.24) is 4.90 Å². The second-order valence-corrected chi connectivity index (χ2v) is 10.4. The van der Waals surface area contributed by atoms with Gasteiger partial charge >= 0.3 is 6.09 Å². The van der Waals surface area contributed by atoms with Crippen LogP contribution in [-0.2, 0) is 14.8 Å². The van der Waals surface area contributed by atoms with Crippen molar-refractivity contribution >= 4 is 16.1 Å². The zero-order chi connectivity index (χ0) is 20.9. The quantitative estimate of drug-likeness (QED) is 0.811. The molecule has 2 fully saturated rings. The summed E-state index contributed by atoms with van der Waals surface area (Å²) in [6.07, 6.45) is 2.83. The van der Waals surface area contributed by atoms with Crippen LogP contribution in [0.1, 0.15) is 42.7 Å². The maximum Gasteiger partial charge on any atom is 0.410 e. The normalized spacial score (nSPS) is 25.1. The number of benzene rings is 2. The van der Waals surface area contributed by atoms with Gasteiger partial charge in [-0.15, -0.1) is 0 Å². The van der Waals surface area contributed by atoms with Crippen molar-refractivity contribution < 1.29 is 17.9 Å². The van der Waals surface area contributed by atoms with Gasteiger partial charge in [0.1, 0.15) is 6.61 Å². The lowest BCUT2D eigenvalue weighted by atomic mass is 9.84. The van der Waals surface area contributed by atoms with E-state index in [-0.39, 0.29) is 30.4 Å². The van der Waals surface area contributed by atoms with E-state index in [0.29, 0.717) is 13.0 Å². The number of carbonyl (C=O) groups is 1. The molecule has 1 aliphatic heterocycles. The van der Waals surface area contributed by atoms with Crippen LogP contribution in [0.25, 0.3) is 11.1 Å². The zero-order valence-electron chi connectivity index (χ0n) is 16.8. The largest absolute Gasteiger partial charge is 0.448 e. The first-order valence-corrected chi connectivity index (χ1v) is 12.2. The Morgan fingerprint density at radius 1 is 1.07 bits per heavy atom. The van der Waals surface area contributed by atoms with E-state index in [9.17, 15) is 13.2 Å². The average Bonchev–Trinajstić information content (AvgIpc) is 3.34. The third-order valence-corrected chi connectivity index (χ3v) is 8.12. The first-order valence-electron chi connectivity index (χ1n) is 10.5. The van der Waals surface area contributed by atoms with Gasteiger partial charge in [0.2, 0.25) is 10.0 Å². The van der Waals surface area contributed by atoms with Crippen molar-refractivity contribution in [2.45, 2.75) is 37.6 Å². The number of sulfonamides is 1. The van der Waals surface area contributed by atoms with E-state index in [1.54, 1.807) is 4.90 Å². The van der Waals surface area contributed by atoms with Crippen LogP contribution in [-0.4, -0.2) is 44.4 Å². The Hall–Kier alpha value is -2.38. The SMILES string of the molecule is NS(=O)(=O)CC12CCCC1N(C(=O)OCC1c3ccccc3-c3ccccc31)CC2. The van der Waals surface area contributed by atoms with E-state index in [4.69, 9.17) is 9.88 Å². The van der Waals surface area contributed by atoms with E-state index < -0.39 is 15.4 Å². The lowest BCUT2D eigenvalue weighted by Crippen LogP contribution is -2.43. The van der Waals surface area contributed by atoms with Crippen molar-refractivity contribution in [1.29, 1.82) is 0 Å². The molecule has 3 aliphatic rings. The van der Waals surface area contributed by atoms with E-state index in [0.717, 1.165) is 19.3 Å². The smallest absolute Gasteiger partial charge is 0.410 e. The van der Waals surface area contributed by atoms with E-state index in [1.807, 2.05) is 24.3 Å². The van der Waals surface area contributed by atoms with Gasteiger partial charge in [0, 0.05) is 23.9 Å². The molecule has 2 N–H and O–H groups in total. The molecule has 7 heteroatoms. The van der Waals surface area contributed by atoms with Gasteiger partial charge in [0.05, 0.1) is 5.75 Å². The van der Waals surface area contributed by atoms with Gasteiger partial charge in [0.15, 0.2) is 0 Å². The Kier molecular flexibility index (Phi) is 4.63. The van der Waals surface area contributed by atoms with Gasteiger partial charge in [-0.2, -0.15) is 0 Å². The van der Waals surface area contributed by atoms with Crippen molar-refractivity contribution in [2.24, 2.45) is 10.6 Å². The Morgan fingerprint density at radius 2 is 1.70 bits per heavy atom. The summed E-state index contributed by atoms with van der Waals surface area (Å²) in [5.74, 6) is -0.0422. The molecular weight excluding hydrogens is 400 g/mol. The Bertz CT molecular complexity index is 1050. The minimum Gasteiger partial charge on any atom is -0.448 e. The van der Waals surface area contributed by atoms with Crippen molar-refractivity contribution in [3.05, 3.63) is 59.7 Å².